The number of Topliss-reactive ketones (excluding diaryl/α,β-unsaturated/α-hetero) is 1. The van der Waals surface area contributed by atoms with Gasteiger partial charge in [-0.1, -0.05) is 96.4 Å². The first-order chi connectivity index (χ1) is 39.2. The van der Waals surface area contributed by atoms with Crippen molar-refractivity contribution in [3.8, 4) is 0 Å². The molecule has 4 aliphatic heterocycles. The Morgan fingerprint density at radius 3 is 1.87 bits per heavy atom. The zero-order valence-electron chi connectivity index (χ0n) is 53.7. The van der Waals surface area contributed by atoms with Crippen molar-refractivity contribution >= 4 is 70.8 Å². The smallest absolute Gasteiger partial charge is 0.325 e. The Bertz CT molecular complexity index is 2410. The van der Waals surface area contributed by atoms with Gasteiger partial charge in [0.25, 0.3) is 5.91 Å². The number of nitrogens with one attached hydrogen (secondary N) is 3. The van der Waals surface area contributed by atoms with E-state index in [1.807, 2.05) is 55.4 Å². The standard InChI is InChI=1S/C61H102N10O13/c1-19-40-29-46(71(32-40)61(83)50(37(11)12)67(17)59(81)47(72)20-2)58(80)68(18)51-39(14)84-48(73)30-62-52(74)44(27-35(7)8)65(15)57(79)43-22-21-25-69(43)60(82)49(36(9)10)66(16)55(77)41(24-23-33(3)4)63-53(75)45-28-38(13)31-70(45)56(78)42(26-34(5)6)64-54(51)76/h33-46,49-51H,19-32H2,1-18H3,(H,62,74)(H,63,75)(H,64,76)/t38-,39-,40+,41+,42-,43+,44+,45-,46+,49+,50+,51+/m1/s1. The van der Waals surface area contributed by atoms with Crippen molar-refractivity contribution < 1.29 is 62.3 Å². The van der Waals surface area contributed by atoms with Gasteiger partial charge in [0.1, 0.15) is 67.0 Å². The van der Waals surface area contributed by atoms with Gasteiger partial charge in [-0.05, 0) is 99.7 Å². The van der Waals surface area contributed by atoms with Crippen molar-refractivity contribution in [2.24, 2.45) is 41.4 Å². The topological polar surface area (TPSA) is 273 Å². The van der Waals surface area contributed by atoms with Crippen LogP contribution in [0.4, 0.5) is 0 Å². The summed E-state index contributed by atoms with van der Waals surface area (Å²) in [6.45, 7) is 24.9. The molecule has 12 atom stereocenters. The van der Waals surface area contributed by atoms with Gasteiger partial charge in [-0.2, -0.15) is 0 Å². The van der Waals surface area contributed by atoms with Gasteiger partial charge in [-0.15, -0.1) is 0 Å². The van der Waals surface area contributed by atoms with Crippen LogP contribution >= 0.6 is 0 Å². The number of carbonyl (C=O) groups excluding carboxylic acids is 12. The number of hydrogen-bond acceptors (Lipinski definition) is 13. The Hall–Kier alpha value is -6.16. The van der Waals surface area contributed by atoms with Crippen LogP contribution in [-0.2, 0) is 62.3 Å². The monoisotopic (exact) mass is 1180 g/mol. The van der Waals surface area contributed by atoms with E-state index in [0.29, 0.717) is 19.3 Å². The zero-order valence-corrected chi connectivity index (χ0v) is 53.7. The summed E-state index contributed by atoms with van der Waals surface area (Å²) in [5.74, 6) is -9.67. The van der Waals surface area contributed by atoms with Crippen molar-refractivity contribution in [2.45, 2.75) is 222 Å². The fourth-order valence-corrected chi connectivity index (χ4v) is 12.6. The molecule has 3 N–H and O–H groups in total. The number of cyclic esters (lactones) is 1. The average molecular weight is 1180 g/mol. The van der Waals surface area contributed by atoms with Crippen LogP contribution in [0.5, 0.6) is 0 Å². The molecular weight excluding hydrogens is 1080 g/mol. The predicted octanol–water partition coefficient (Wildman–Crippen LogP) is 3.00. The molecule has 23 nitrogen and oxygen atoms in total. The van der Waals surface area contributed by atoms with Crippen molar-refractivity contribution in [1.29, 1.82) is 0 Å². The molecule has 0 unspecified atom stereocenters. The van der Waals surface area contributed by atoms with Gasteiger partial charge >= 0.3 is 5.97 Å². The van der Waals surface area contributed by atoms with E-state index in [-0.39, 0.29) is 94.2 Å². The molecule has 0 aromatic heterocycles. The predicted molar refractivity (Wildman–Crippen MR) is 315 cm³/mol. The molecule has 0 aliphatic carbocycles. The number of ketones is 1. The maximum Gasteiger partial charge on any atom is 0.325 e. The van der Waals surface area contributed by atoms with Crippen LogP contribution in [-0.4, -0.2) is 220 Å². The second-order valence-corrected chi connectivity index (χ2v) is 26.2. The lowest BCUT2D eigenvalue weighted by Crippen LogP contribution is -2.62. The normalized spacial score (nSPS) is 28.1. The SMILES string of the molecule is CCC(=O)C(=O)N(C)[C@H](C(=O)N1C[C@@H](CC)C[C@H]1C(=O)N(C)[C@@H]1C(=O)N[C@H](CC(C)C)C(=O)N2C[C@H](C)C[C@@H]2C(=O)N[C@@H](CCC(C)C)C(=O)N(C)[C@@H](C(C)C)C(=O)N2CCC[C@H]2C(=O)N(C)[C@@H](CC(C)C)C(=O)NCC(=O)O[C@@H]1C)C(C)C. The highest BCUT2D eigenvalue weighted by Gasteiger charge is 2.50. The second kappa shape index (κ2) is 30.8. The summed E-state index contributed by atoms with van der Waals surface area (Å²) in [6, 6.07) is -10.6. The molecule has 4 heterocycles. The van der Waals surface area contributed by atoms with Crippen LogP contribution < -0.4 is 16.0 Å². The maximum absolute atomic E-state index is 15.3. The van der Waals surface area contributed by atoms with E-state index in [4.69, 9.17) is 4.74 Å². The number of nitrogens with zero attached hydrogens (tertiary/aromatic N) is 7. The summed E-state index contributed by atoms with van der Waals surface area (Å²) in [4.78, 5) is 183. The molecule has 474 valence electrons. The van der Waals surface area contributed by atoms with Crippen molar-refractivity contribution in [2.75, 3.05) is 54.4 Å². The minimum Gasteiger partial charge on any atom is -0.459 e. The molecular formula is C61H102N10O13. The Kier molecular flexibility index (Phi) is 25.8. The number of esters is 1. The third-order valence-electron chi connectivity index (χ3n) is 17.3. The zero-order chi connectivity index (χ0) is 63.5. The first kappa shape index (κ1) is 70.3. The molecule has 0 radical (unpaired) electrons. The van der Waals surface area contributed by atoms with Crippen molar-refractivity contribution in [1.82, 2.24) is 50.2 Å². The molecule has 0 saturated carbocycles. The Morgan fingerprint density at radius 1 is 0.690 bits per heavy atom. The summed E-state index contributed by atoms with van der Waals surface area (Å²) in [7, 11) is 5.69. The van der Waals surface area contributed by atoms with E-state index < -0.39 is 150 Å². The van der Waals surface area contributed by atoms with Crippen molar-refractivity contribution in [3.63, 3.8) is 0 Å². The third kappa shape index (κ3) is 17.1. The third-order valence-corrected chi connectivity index (χ3v) is 17.3. The Balaban J connectivity index is 1.89. The largest absolute Gasteiger partial charge is 0.459 e. The van der Waals surface area contributed by atoms with Gasteiger partial charge in [-0.25, -0.2) is 0 Å². The van der Waals surface area contributed by atoms with E-state index >= 15 is 14.4 Å². The molecule has 0 aromatic rings. The fourth-order valence-electron chi connectivity index (χ4n) is 12.6. The number of ether oxygens (including phenoxy) is 1. The number of hydrogen-bond donors (Lipinski definition) is 3. The van der Waals surface area contributed by atoms with E-state index in [1.54, 1.807) is 34.6 Å². The van der Waals surface area contributed by atoms with Crippen LogP contribution in [0.25, 0.3) is 0 Å². The number of carbonyl (C=O) groups is 12. The van der Waals surface area contributed by atoms with E-state index in [2.05, 4.69) is 16.0 Å². The second-order valence-electron chi connectivity index (χ2n) is 26.2. The van der Waals surface area contributed by atoms with Crippen LogP contribution in [0.1, 0.15) is 161 Å². The van der Waals surface area contributed by atoms with Crippen LogP contribution in [0, 0.1) is 41.4 Å². The van der Waals surface area contributed by atoms with Gasteiger partial charge in [0, 0.05) is 54.2 Å². The van der Waals surface area contributed by atoms with E-state index in [1.165, 1.54) is 59.6 Å². The number of fused-ring (bicyclic) bond motifs is 2. The summed E-state index contributed by atoms with van der Waals surface area (Å²) in [6.07, 6.45) is 1.12. The number of likely N-dealkylation sites (tertiary alicyclic amines) is 1. The molecule has 10 amide bonds. The van der Waals surface area contributed by atoms with Gasteiger partial charge < -0.3 is 55.0 Å². The summed E-state index contributed by atoms with van der Waals surface area (Å²) < 4.78 is 5.94. The number of rotatable bonds is 16. The van der Waals surface area contributed by atoms with Crippen LogP contribution in [0.15, 0.2) is 0 Å². The van der Waals surface area contributed by atoms with Crippen LogP contribution in [0.3, 0.4) is 0 Å². The lowest BCUT2D eigenvalue weighted by atomic mass is 9.97. The molecule has 0 aromatic carbocycles. The first-order valence-corrected chi connectivity index (χ1v) is 30.8. The fraction of sp³-hybridized carbons (Fsp3) is 0.803. The Morgan fingerprint density at radius 2 is 1.31 bits per heavy atom. The number of likely N-dealkylation sites (N-methyl/N-ethyl adjacent to an activating group) is 4. The molecule has 4 rings (SSSR count). The number of amides is 10. The van der Waals surface area contributed by atoms with E-state index in [9.17, 15) is 43.2 Å². The average Bonchev–Trinajstić information content (AvgIpc) is 4.27. The Labute approximate surface area is 499 Å². The minimum atomic E-state index is -1.68. The minimum absolute atomic E-state index is 0.0676. The molecule has 4 fully saturated rings. The first-order valence-electron chi connectivity index (χ1n) is 30.8. The molecule has 4 aliphatic rings. The molecule has 0 bridgehead atoms. The van der Waals surface area contributed by atoms with Gasteiger partial charge in [0.15, 0.2) is 0 Å². The quantitative estimate of drug-likeness (QED) is 0.148. The molecule has 23 heteroatoms. The summed E-state index contributed by atoms with van der Waals surface area (Å²) in [5, 5.41) is 8.46. The highest BCUT2D eigenvalue weighted by molar-refractivity contribution is 6.36. The van der Waals surface area contributed by atoms with E-state index in [0.717, 1.165) is 9.80 Å². The maximum atomic E-state index is 15.3. The highest BCUT2D eigenvalue weighted by Crippen LogP contribution is 2.32. The van der Waals surface area contributed by atoms with Crippen molar-refractivity contribution in [3.05, 3.63) is 0 Å². The summed E-state index contributed by atoms with van der Waals surface area (Å²) in [5.41, 5.74) is 0. The van der Waals surface area contributed by atoms with Gasteiger partial charge in [-0.3, -0.25) is 57.5 Å². The van der Waals surface area contributed by atoms with Gasteiger partial charge in [0.2, 0.25) is 58.9 Å². The lowest BCUT2D eigenvalue weighted by Gasteiger charge is -2.38. The van der Waals surface area contributed by atoms with Crippen LogP contribution in [0.2, 0.25) is 0 Å². The highest BCUT2D eigenvalue weighted by atomic mass is 16.5. The molecule has 84 heavy (non-hydrogen) atoms. The molecule has 4 saturated heterocycles. The lowest BCUT2D eigenvalue weighted by molar-refractivity contribution is -0.160. The molecule has 0 spiro atoms. The summed E-state index contributed by atoms with van der Waals surface area (Å²) >= 11 is 0. The van der Waals surface area contributed by atoms with Gasteiger partial charge in [0.05, 0.1) is 0 Å².